The van der Waals surface area contributed by atoms with Gasteiger partial charge in [-0.25, -0.2) is 0 Å². The Bertz CT molecular complexity index is 719. The maximum atomic E-state index is 11.9. The van der Waals surface area contributed by atoms with Gasteiger partial charge in [-0.15, -0.1) is 0 Å². The summed E-state index contributed by atoms with van der Waals surface area (Å²) >= 11 is 17.8. The minimum absolute atomic E-state index is 0.0440. The fraction of sp³-hybridized carbons (Fsp3) is 0.278. The fourth-order valence-electron chi connectivity index (χ4n) is 2.14. The van der Waals surface area contributed by atoms with Crippen LogP contribution in [-0.2, 0) is 11.3 Å². The molecule has 0 aliphatic carbocycles. The summed E-state index contributed by atoms with van der Waals surface area (Å²) in [5, 5.41) is 4.64. The summed E-state index contributed by atoms with van der Waals surface area (Å²) in [5.74, 6) is 0.741. The smallest absolute Gasteiger partial charge is 0.220 e. The van der Waals surface area contributed by atoms with E-state index in [0.717, 1.165) is 16.9 Å². The Morgan fingerprint density at radius 3 is 2.50 bits per heavy atom. The van der Waals surface area contributed by atoms with E-state index in [1.54, 1.807) is 24.3 Å². The van der Waals surface area contributed by atoms with Crippen LogP contribution in [-0.4, -0.2) is 12.5 Å². The van der Waals surface area contributed by atoms with Crippen molar-refractivity contribution in [2.75, 3.05) is 6.61 Å². The molecule has 2 aromatic carbocycles. The maximum absolute atomic E-state index is 11.9. The fourth-order valence-corrected chi connectivity index (χ4v) is 2.84. The molecule has 0 atom stereocenters. The number of hydrogen-bond acceptors (Lipinski definition) is 2. The van der Waals surface area contributed by atoms with Gasteiger partial charge in [0.15, 0.2) is 0 Å². The van der Waals surface area contributed by atoms with Gasteiger partial charge in [0, 0.05) is 28.0 Å². The Labute approximate surface area is 156 Å². The lowest BCUT2D eigenvalue weighted by atomic mass is 10.2. The molecule has 2 aromatic rings. The topological polar surface area (TPSA) is 38.3 Å². The minimum Gasteiger partial charge on any atom is -0.493 e. The van der Waals surface area contributed by atoms with Crippen LogP contribution in [0.2, 0.25) is 15.1 Å². The number of carbonyl (C=O) groups is 1. The Hall–Kier alpha value is -1.42. The van der Waals surface area contributed by atoms with Gasteiger partial charge in [0.25, 0.3) is 0 Å². The van der Waals surface area contributed by atoms with Crippen LogP contribution in [0, 0.1) is 6.92 Å². The molecule has 0 aliphatic rings. The van der Waals surface area contributed by atoms with Gasteiger partial charge < -0.3 is 10.1 Å². The van der Waals surface area contributed by atoms with Crippen molar-refractivity contribution in [1.29, 1.82) is 0 Å². The van der Waals surface area contributed by atoms with E-state index in [4.69, 9.17) is 39.5 Å². The number of benzene rings is 2. The molecule has 0 radical (unpaired) electrons. The van der Waals surface area contributed by atoms with Crippen molar-refractivity contribution in [3.05, 3.63) is 62.6 Å². The lowest BCUT2D eigenvalue weighted by Gasteiger charge is -2.10. The van der Waals surface area contributed by atoms with E-state index in [0.29, 0.717) is 41.1 Å². The molecule has 0 saturated heterocycles. The molecule has 1 N–H and O–H groups in total. The molecular formula is C18H18Cl3NO2. The second kappa shape index (κ2) is 9.16. The van der Waals surface area contributed by atoms with Crippen molar-refractivity contribution in [3.8, 4) is 5.75 Å². The van der Waals surface area contributed by atoms with Gasteiger partial charge in [0.1, 0.15) is 5.75 Å². The maximum Gasteiger partial charge on any atom is 0.220 e. The van der Waals surface area contributed by atoms with Crippen LogP contribution in [0.4, 0.5) is 0 Å². The van der Waals surface area contributed by atoms with Crippen molar-refractivity contribution in [1.82, 2.24) is 5.32 Å². The van der Waals surface area contributed by atoms with Crippen molar-refractivity contribution in [3.63, 3.8) is 0 Å². The minimum atomic E-state index is -0.0440. The molecular weight excluding hydrogens is 369 g/mol. The van der Waals surface area contributed by atoms with Crippen molar-refractivity contribution in [2.45, 2.75) is 26.3 Å². The van der Waals surface area contributed by atoms with E-state index in [1.165, 1.54) is 0 Å². The Balaban J connectivity index is 1.69. The van der Waals surface area contributed by atoms with E-state index >= 15 is 0 Å². The molecule has 0 aliphatic heterocycles. The van der Waals surface area contributed by atoms with Gasteiger partial charge in [0.05, 0.1) is 6.61 Å². The summed E-state index contributed by atoms with van der Waals surface area (Å²) in [6.07, 6.45) is 1.01. The van der Waals surface area contributed by atoms with Crippen LogP contribution in [0.5, 0.6) is 5.75 Å². The predicted molar refractivity (Wildman–Crippen MR) is 99.2 cm³/mol. The monoisotopic (exact) mass is 385 g/mol. The highest BCUT2D eigenvalue weighted by Crippen LogP contribution is 2.22. The first-order chi connectivity index (χ1) is 11.5. The summed E-state index contributed by atoms with van der Waals surface area (Å²) in [6, 6.07) is 10.7. The molecule has 1 amide bonds. The summed E-state index contributed by atoms with van der Waals surface area (Å²) in [4.78, 5) is 11.9. The third-order valence-corrected chi connectivity index (χ3v) is 4.26. The average molecular weight is 387 g/mol. The molecule has 0 aromatic heterocycles. The Morgan fingerprint density at radius 2 is 1.79 bits per heavy atom. The number of aryl methyl sites for hydroxylation is 1. The third kappa shape index (κ3) is 5.90. The largest absolute Gasteiger partial charge is 0.493 e. The van der Waals surface area contributed by atoms with Crippen LogP contribution in [0.3, 0.4) is 0 Å². The first kappa shape index (κ1) is 18.9. The Kier molecular flexibility index (Phi) is 7.22. The number of ether oxygens (including phenoxy) is 1. The number of hydrogen-bond donors (Lipinski definition) is 1. The molecule has 0 bridgehead atoms. The molecule has 2 rings (SSSR count). The van der Waals surface area contributed by atoms with Gasteiger partial charge in [-0.1, -0.05) is 40.9 Å². The number of nitrogens with one attached hydrogen (secondary N) is 1. The summed E-state index contributed by atoms with van der Waals surface area (Å²) < 4.78 is 5.66. The summed E-state index contributed by atoms with van der Waals surface area (Å²) in [6.45, 7) is 2.79. The highest BCUT2D eigenvalue weighted by molar-refractivity contribution is 6.35. The summed E-state index contributed by atoms with van der Waals surface area (Å²) in [5.41, 5.74) is 1.81. The average Bonchev–Trinajstić information content (AvgIpc) is 2.52. The zero-order chi connectivity index (χ0) is 17.5. The zero-order valence-corrected chi connectivity index (χ0v) is 15.5. The predicted octanol–water partition coefficient (Wildman–Crippen LogP) is 5.43. The second-order valence-electron chi connectivity index (χ2n) is 5.37. The molecule has 128 valence electrons. The number of amides is 1. The highest BCUT2D eigenvalue weighted by Gasteiger charge is 2.06. The van der Waals surface area contributed by atoms with E-state index in [1.807, 2.05) is 19.1 Å². The molecule has 0 saturated carbocycles. The zero-order valence-electron chi connectivity index (χ0n) is 13.2. The quantitative estimate of drug-likeness (QED) is 0.644. The lowest BCUT2D eigenvalue weighted by Crippen LogP contribution is -2.23. The molecule has 3 nitrogen and oxygen atoms in total. The van der Waals surface area contributed by atoms with Gasteiger partial charge in [-0.2, -0.15) is 0 Å². The van der Waals surface area contributed by atoms with E-state index in [2.05, 4.69) is 5.32 Å². The number of carbonyl (C=O) groups excluding carboxylic acids is 1. The number of halogens is 3. The van der Waals surface area contributed by atoms with Gasteiger partial charge in [-0.05, 0) is 54.8 Å². The highest BCUT2D eigenvalue weighted by atomic mass is 35.5. The number of rotatable bonds is 7. The standard InChI is InChI=1S/C18H18Cl3NO2/c1-12-9-14(19)6-7-17(12)24-8-2-3-18(23)22-11-13-4-5-15(20)10-16(13)21/h4-7,9-10H,2-3,8,11H2,1H3,(H,22,23). The van der Waals surface area contributed by atoms with Crippen LogP contribution >= 0.6 is 34.8 Å². The van der Waals surface area contributed by atoms with Crippen LogP contribution in [0.25, 0.3) is 0 Å². The van der Waals surface area contributed by atoms with E-state index in [9.17, 15) is 4.79 Å². The third-order valence-electron chi connectivity index (χ3n) is 3.43. The molecule has 0 spiro atoms. The first-order valence-electron chi connectivity index (χ1n) is 7.55. The second-order valence-corrected chi connectivity index (χ2v) is 6.65. The normalized spacial score (nSPS) is 10.5. The van der Waals surface area contributed by atoms with Gasteiger partial charge >= 0.3 is 0 Å². The van der Waals surface area contributed by atoms with Crippen molar-refractivity contribution < 1.29 is 9.53 Å². The molecule has 0 heterocycles. The molecule has 0 fully saturated rings. The molecule has 0 unspecified atom stereocenters. The first-order valence-corrected chi connectivity index (χ1v) is 8.68. The van der Waals surface area contributed by atoms with Crippen LogP contribution in [0.15, 0.2) is 36.4 Å². The lowest BCUT2D eigenvalue weighted by molar-refractivity contribution is -0.121. The van der Waals surface area contributed by atoms with Gasteiger partial charge in [0.2, 0.25) is 5.91 Å². The molecule has 6 heteroatoms. The SMILES string of the molecule is Cc1cc(Cl)ccc1OCCCC(=O)NCc1ccc(Cl)cc1Cl. The van der Waals surface area contributed by atoms with Gasteiger partial charge in [-0.3, -0.25) is 4.79 Å². The van der Waals surface area contributed by atoms with E-state index < -0.39 is 0 Å². The summed E-state index contributed by atoms with van der Waals surface area (Å²) in [7, 11) is 0. The Morgan fingerprint density at radius 1 is 1.08 bits per heavy atom. The van der Waals surface area contributed by atoms with Crippen molar-refractivity contribution >= 4 is 40.7 Å². The van der Waals surface area contributed by atoms with Crippen molar-refractivity contribution in [2.24, 2.45) is 0 Å². The van der Waals surface area contributed by atoms with E-state index in [-0.39, 0.29) is 5.91 Å². The molecule has 24 heavy (non-hydrogen) atoms. The van der Waals surface area contributed by atoms with Crippen LogP contribution in [0.1, 0.15) is 24.0 Å². The van der Waals surface area contributed by atoms with Crippen LogP contribution < -0.4 is 10.1 Å².